The fraction of sp³-hybridized carbons (Fsp3) is 0.179. The number of rotatable bonds is 11. The summed E-state index contributed by atoms with van der Waals surface area (Å²) < 4.78 is 8.96. The zero-order chi connectivity index (χ0) is 35.2. The van der Waals surface area contributed by atoms with Crippen molar-refractivity contribution in [2.24, 2.45) is 0 Å². The maximum Gasteiger partial charge on any atom is 0.261 e. The monoisotopic (exact) mass is 729 g/mol. The number of aromatic nitrogens is 1. The highest BCUT2D eigenvalue weighted by molar-refractivity contribution is 6.99. The van der Waals surface area contributed by atoms with Crippen molar-refractivity contribution in [3.05, 3.63) is 153 Å². The Morgan fingerprint density at radius 2 is 1.43 bits per heavy atom. The smallest absolute Gasteiger partial charge is 0.261 e. The zero-order valence-corrected chi connectivity index (χ0v) is 31.0. The molecule has 0 atom stereocenters. The lowest BCUT2D eigenvalue weighted by atomic mass is 10.1. The lowest BCUT2D eigenvalue weighted by Gasteiger charge is -2.43. The second-order valence-corrected chi connectivity index (χ2v) is 18.0. The quantitative estimate of drug-likeness (QED) is 0.106. The summed E-state index contributed by atoms with van der Waals surface area (Å²) in [6.07, 6.45) is 3.13. The van der Waals surface area contributed by atoms with Crippen LogP contribution in [0.5, 0.6) is 0 Å². The van der Waals surface area contributed by atoms with E-state index in [9.17, 15) is 9.59 Å². The van der Waals surface area contributed by atoms with Gasteiger partial charge in [0.2, 0.25) is 5.91 Å². The number of carbonyl (C=O) groups excluding carboxylic acids is 2. The van der Waals surface area contributed by atoms with E-state index in [0.717, 1.165) is 21.6 Å². The summed E-state index contributed by atoms with van der Waals surface area (Å²) in [6.45, 7) is 7.03. The molecule has 49 heavy (non-hydrogen) atoms. The Morgan fingerprint density at radius 3 is 2.00 bits per heavy atom. The summed E-state index contributed by atoms with van der Waals surface area (Å²) in [7, 11) is -1.29. The molecule has 4 aromatic carbocycles. The number of amides is 2. The van der Waals surface area contributed by atoms with E-state index < -0.39 is 8.32 Å². The van der Waals surface area contributed by atoms with Crippen LogP contribution in [-0.2, 0) is 22.4 Å². The van der Waals surface area contributed by atoms with Crippen molar-refractivity contribution in [1.29, 1.82) is 0 Å². The molecule has 0 aliphatic rings. The van der Waals surface area contributed by atoms with E-state index in [2.05, 4.69) is 55.7 Å². The normalized spacial score (nSPS) is 11.9. The minimum absolute atomic E-state index is 0.172. The SMILES string of the molecule is CNC(=O)c1ccc(/C=C/C(=O)NCc2ccc(Cl)n2-c2ccc(Cl)c(CO[Si](c3ccccc3)(c3ccccc3)C(C)(C)C)c2Cl)cc1. The number of nitrogens with one attached hydrogen (secondary N) is 2. The molecule has 0 spiro atoms. The van der Waals surface area contributed by atoms with Gasteiger partial charge in [-0.05, 0) is 63.4 Å². The van der Waals surface area contributed by atoms with Gasteiger partial charge in [-0.3, -0.25) is 9.59 Å². The average Bonchev–Trinajstić information content (AvgIpc) is 3.47. The summed E-state index contributed by atoms with van der Waals surface area (Å²) in [4.78, 5) is 24.6. The Bertz CT molecular complexity index is 1920. The van der Waals surface area contributed by atoms with Gasteiger partial charge < -0.3 is 19.6 Å². The van der Waals surface area contributed by atoms with Crippen molar-refractivity contribution in [1.82, 2.24) is 15.2 Å². The Kier molecular flexibility index (Phi) is 11.5. The van der Waals surface area contributed by atoms with Crippen molar-refractivity contribution < 1.29 is 14.0 Å². The molecule has 1 aromatic heterocycles. The molecule has 6 nitrogen and oxygen atoms in total. The van der Waals surface area contributed by atoms with E-state index in [1.807, 2.05) is 48.5 Å². The van der Waals surface area contributed by atoms with Crippen LogP contribution in [0.2, 0.25) is 20.2 Å². The van der Waals surface area contributed by atoms with Gasteiger partial charge >= 0.3 is 0 Å². The van der Waals surface area contributed by atoms with Gasteiger partial charge in [0.15, 0.2) is 0 Å². The van der Waals surface area contributed by atoms with Crippen LogP contribution in [0.4, 0.5) is 0 Å². The van der Waals surface area contributed by atoms with Gasteiger partial charge in [-0.1, -0.05) is 128 Å². The van der Waals surface area contributed by atoms with Crippen molar-refractivity contribution in [2.45, 2.75) is 39.0 Å². The maximum atomic E-state index is 12.8. The van der Waals surface area contributed by atoms with Crippen LogP contribution in [0.1, 0.15) is 48.0 Å². The average molecular weight is 731 g/mol. The fourth-order valence-electron chi connectivity index (χ4n) is 5.99. The summed E-state index contributed by atoms with van der Waals surface area (Å²) in [5.74, 6) is -0.463. The Labute approximate surface area is 303 Å². The van der Waals surface area contributed by atoms with E-state index in [1.54, 1.807) is 54.1 Å². The Hall–Kier alpha value is -4.11. The van der Waals surface area contributed by atoms with Crippen LogP contribution in [0.15, 0.2) is 115 Å². The third kappa shape index (κ3) is 7.87. The van der Waals surface area contributed by atoms with Gasteiger partial charge in [0.05, 0.1) is 23.9 Å². The molecule has 5 rings (SSSR count). The third-order valence-electron chi connectivity index (χ3n) is 8.44. The molecule has 10 heteroatoms. The number of hydrogen-bond acceptors (Lipinski definition) is 3. The van der Waals surface area contributed by atoms with Crippen molar-refractivity contribution in [3.8, 4) is 5.69 Å². The molecular weight excluding hydrogens is 693 g/mol. The largest absolute Gasteiger partial charge is 0.403 e. The first-order valence-electron chi connectivity index (χ1n) is 15.8. The number of nitrogens with zero attached hydrogens (tertiary/aromatic N) is 1. The highest BCUT2D eigenvalue weighted by atomic mass is 35.5. The van der Waals surface area contributed by atoms with Gasteiger partial charge in [0.25, 0.3) is 14.2 Å². The molecule has 0 radical (unpaired) electrons. The molecule has 0 bridgehead atoms. The van der Waals surface area contributed by atoms with E-state index in [1.165, 1.54) is 6.08 Å². The second-order valence-electron chi connectivity index (χ2n) is 12.5. The van der Waals surface area contributed by atoms with Crippen molar-refractivity contribution in [3.63, 3.8) is 0 Å². The molecule has 2 N–H and O–H groups in total. The molecule has 5 aromatic rings. The van der Waals surface area contributed by atoms with Crippen molar-refractivity contribution in [2.75, 3.05) is 7.05 Å². The summed E-state index contributed by atoms with van der Waals surface area (Å²) >= 11 is 20.7. The topological polar surface area (TPSA) is 72.4 Å². The summed E-state index contributed by atoms with van der Waals surface area (Å²) in [5, 5.41) is 8.90. The minimum atomic E-state index is -2.87. The first-order valence-corrected chi connectivity index (χ1v) is 18.9. The first-order chi connectivity index (χ1) is 23.5. The molecule has 252 valence electrons. The molecule has 0 fully saturated rings. The predicted molar refractivity (Wildman–Crippen MR) is 204 cm³/mol. The fourth-order valence-corrected chi connectivity index (χ4v) is 11.3. The van der Waals surface area contributed by atoms with Crippen LogP contribution < -0.4 is 21.0 Å². The Balaban J connectivity index is 1.40. The molecule has 0 saturated heterocycles. The summed E-state index contributed by atoms with van der Waals surface area (Å²) in [5.41, 5.74) is 3.33. The second kappa shape index (κ2) is 15.6. The molecule has 0 unspecified atom stereocenters. The number of carbonyl (C=O) groups is 2. The van der Waals surface area contributed by atoms with Gasteiger partial charge in [-0.25, -0.2) is 0 Å². The van der Waals surface area contributed by atoms with Crippen LogP contribution in [0, 0.1) is 0 Å². The van der Waals surface area contributed by atoms with E-state index >= 15 is 0 Å². The van der Waals surface area contributed by atoms with Crippen LogP contribution >= 0.6 is 34.8 Å². The number of benzene rings is 4. The van der Waals surface area contributed by atoms with Gasteiger partial charge in [-0.2, -0.15) is 0 Å². The van der Waals surface area contributed by atoms with Gasteiger partial charge in [0, 0.05) is 35.0 Å². The number of hydrogen-bond donors (Lipinski definition) is 2. The van der Waals surface area contributed by atoms with Gasteiger partial charge in [0.1, 0.15) is 5.15 Å². The molecule has 2 amide bonds. The molecule has 0 aliphatic carbocycles. The standard InChI is InChI=1S/C39H38Cl3N3O3Si/c1-39(2,3)49(30-11-7-5-8-12-30,31-13-9-6-10-14-31)48-26-32-33(40)21-22-34(37(32)42)45-29(20-23-35(45)41)25-44-36(46)24-17-27-15-18-28(19-16-27)38(47)43-4/h5-24H,25-26H2,1-4H3,(H,43,47)(H,44,46)/b24-17+. The Morgan fingerprint density at radius 1 is 0.816 bits per heavy atom. The van der Waals surface area contributed by atoms with Crippen LogP contribution in [0.25, 0.3) is 11.8 Å². The van der Waals surface area contributed by atoms with Crippen molar-refractivity contribution >= 4 is 71.4 Å². The third-order valence-corrected chi connectivity index (χ3v) is 14.5. The van der Waals surface area contributed by atoms with E-state index in [0.29, 0.717) is 32.0 Å². The highest BCUT2D eigenvalue weighted by Gasteiger charge is 2.50. The summed E-state index contributed by atoms with van der Waals surface area (Å²) in [6, 6.07) is 34.9. The van der Waals surface area contributed by atoms with Crippen LogP contribution in [0.3, 0.4) is 0 Å². The first kappa shape index (κ1) is 36.2. The molecular formula is C39H38Cl3N3O3Si. The van der Waals surface area contributed by atoms with Gasteiger partial charge in [-0.15, -0.1) is 0 Å². The lowest BCUT2D eigenvalue weighted by molar-refractivity contribution is -0.116. The number of halogens is 3. The highest BCUT2D eigenvalue weighted by Crippen LogP contribution is 2.40. The molecule has 0 saturated carbocycles. The molecule has 1 heterocycles. The zero-order valence-electron chi connectivity index (χ0n) is 27.8. The lowest BCUT2D eigenvalue weighted by Crippen LogP contribution is -2.66. The molecule has 0 aliphatic heterocycles. The predicted octanol–water partition coefficient (Wildman–Crippen LogP) is 8.20. The van der Waals surface area contributed by atoms with E-state index in [-0.39, 0.29) is 30.0 Å². The van der Waals surface area contributed by atoms with E-state index in [4.69, 9.17) is 39.2 Å². The maximum absolute atomic E-state index is 12.8. The minimum Gasteiger partial charge on any atom is -0.403 e. The van der Waals surface area contributed by atoms with Crippen LogP contribution in [-0.4, -0.2) is 31.7 Å².